The van der Waals surface area contributed by atoms with Crippen molar-refractivity contribution in [2.45, 2.75) is 0 Å². The number of rotatable bonds is 3. The molecule has 0 unspecified atom stereocenters. The van der Waals surface area contributed by atoms with Gasteiger partial charge in [0.2, 0.25) is 0 Å². The lowest BCUT2D eigenvalue weighted by atomic mass is 10.2. The first kappa shape index (κ1) is 14.7. The maximum Gasteiger partial charge on any atom is 0.272 e. The highest BCUT2D eigenvalue weighted by molar-refractivity contribution is 9.10. The average molecular weight is 359 g/mol. The number of aromatic nitrogens is 1. The standard InChI is InChI=1S/C17H15BrN2O2/c1-20-14-4-3-5-16(22-2)13(14)10-15(20)17(21)19-12-8-6-11(18)7-9-12/h3-10H,1-2H3,(H,19,21). The number of fused-ring (bicyclic) bond motifs is 1. The van der Waals surface area contributed by atoms with Crippen molar-refractivity contribution in [1.29, 1.82) is 0 Å². The Morgan fingerprint density at radius 2 is 1.91 bits per heavy atom. The summed E-state index contributed by atoms with van der Waals surface area (Å²) in [6, 6.07) is 15.1. The second-order valence-corrected chi connectivity index (χ2v) is 5.86. The van der Waals surface area contributed by atoms with Gasteiger partial charge in [-0.15, -0.1) is 0 Å². The summed E-state index contributed by atoms with van der Waals surface area (Å²) >= 11 is 3.38. The van der Waals surface area contributed by atoms with Crippen LogP contribution in [0.1, 0.15) is 10.5 Å². The zero-order valence-electron chi connectivity index (χ0n) is 12.3. The molecule has 1 aromatic heterocycles. The minimum absolute atomic E-state index is 0.150. The van der Waals surface area contributed by atoms with Crippen molar-refractivity contribution in [3.8, 4) is 5.75 Å². The third kappa shape index (κ3) is 2.60. The van der Waals surface area contributed by atoms with Crippen molar-refractivity contribution < 1.29 is 9.53 Å². The first-order chi connectivity index (χ1) is 10.6. The molecule has 0 aliphatic rings. The van der Waals surface area contributed by atoms with E-state index >= 15 is 0 Å². The number of methoxy groups -OCH3 is 1. The Bertz CT molecular complexity index is 838. The summed E-state index contributed by atoms with van der Waals surface area (Å²) in [6.07, 6.45) is 0. The van der Waals surface area contributed by atoms with Crippen LogP contribution in [-0.4, -0.2) is 17.6 Å². The van der Waals surface area contributed by atoms with Gasteiger partial charge in [0.1, 0.15) is 11.4 Å². The number of hydrogen-bond donors (Lipinski definition) is 1. The first-order valence-electron chi connectivity index (χ1n) is 6.79. The molecule has 1 amide bonds. The minimum atomic E-state index is -0.150. The molecule has 0 radical (unpaired) electrons. The quantitative estimate of drug-likeness (QED) is 0.762. The fourth-order valence-corrected chi connectivity index (χ4v) is 2.72. The van der Waals surface area contributed by atoms with E-state index in [2.05, 4.69) is 21.2 Å². The number of nitrogens with zero attached hydrogens (tertiary/aromatic N) is 1. The molecule has 22 heavy (non-hydrogen) atoms. The normalized spacial score (nSPS) is 10.7. The number of aryl methyl sites for hydroxylation is 1. The van der Waals surface area contributed by atoms with E-state index in [1.807, 2.05) is 60.1 Å². The fraction of sp³-hybridized carbons (Fsp3) is 0.118. The molecule has 4 nitrogen and oxygen atoms in total. The first-order valence-corrected chi connectivity index (χ1v) is 7.59. The Balaban J connectivity index is 1.97. The van der Waals surface area contributed by atoms with Crippen molar-refractivity contribution in [2.75, 3.05) is 12.4 Å². The van der Waals surface area contributed by atoms with Gasteiger partial charge in [-0.1, -0.05) is 22.0 Å². The van der Waals surface area contributed by atoms with Gasteiger partial charge in [-0.05, 0) is 42.5 Å². The molecule has 1 heterocycles. The highest BCUT2D eigenvalue weighted by Crippen LogP contribution is 2.28. The molecular weight excluding hydrogens is 344 g/mol. The molecule has 0 aliphatic carbocycles. The predicted octanol–water partition coefficient (Wildman–Crippen LogP) is 4.20. The monoisotopic (exact) mass is 358 g/mol. The summed E-state index contributed by atoms with van der Waals surface area (Å²) in [6.45, 7) is 0. The van der Waals surface area contributed by atoms with Gasteiger partial charge in [-0.3, -0.25) is 4.79 Å². The maximum absolute atomic E-state index is 12.5. The second kappa shape index (κ2) is 5.85. The SMILES string of the molecule is COc1cccc2c1cc(C(=O)Nc1ccc(Br)cc1)n2C. The number of halogens is 1. The van der Waals surface area contributed by atoms with Crippen LogP contribution < -0.4 is 10.1 Å². The summed E-state index contributed by atoms with van der Waals surface area (Å²) in [5.74, 6) is 0.610. The van der Waals surface area contributed by atoms with Gasteiger partial charge in [0, 0.05) is 22.6 Å². The molecule has 0 saturated carbocycles. The number of ether oxygens (including phenoxy) is 1. The Morgan fingerprint density at radius 1 is 1.18 bits per heavy atom. The van der Waals surface area contributed by atoms with Crippen molar-refractivity contribution in [3.05, 3.63) is 58.7 Å². The topological polar surface area (TPSA) is 43.3 Å². The minimum Gasteiger partial charge on any atom is -0.496 e. The number of benzene rings is 2. The summed E-state index contributed by atoms with van der Waals surface area (Å²) in [7, 11) is 3.50. The smallest absolute Gasteiger partial charge is 0.272 e. The van der Waals surface area contributed by atoms with Gasteiger partial charge >= 0.3 is 0 Å². The van der Waals surface area contributed by atoms with Crippen LogP contribution in [0.4, 0.5) is 5.69 Å². The van der Waals surface area contributed by atoms with E-state index in [-0.39, 0.29) is 5.91 Å². The van der Waals surface area contributed by atoms with E-state index in [4.69, 9.17) is 4.74 Å². The Labute approximate surface area is 136 Å². The van der Waals surface area contributed by atoms with Gasteiger partial charge < -0.3 is 14.6 Å². The average Bonchev–Trinajstić information content (AvgIpc) is 2.87. The molecule has 0 fully saturated rings. The summed E-state index contributed by atoms with van der Waals surface area (Å²) in [4.78, 5) is 12.5. The molecule has 3 rings (SSSR count). The molecule has 1 N–H and O–H groups in total. The van der Waals surface area contributed by atoms with Crippen LogP contribution >= 0.6 is 15.9 Å². The van der Waals surface area contributed by atoms with Crippen LogP contribution in [0.5, 0.6) is 5.75 Å². The Morgan fingerprint density at radius 3 is 2.59 bits per heavy atom. The van der Waals surface area contributed by atoms with Crippen LogP contribution in [0.2, 0.25) is 0 Å². The van der Waals surface area contributed by atoms with Crippen molar-refractivity contribution >= 4 is 38.4 Å². The zero-order valence-corrected chi connectivity index (χ0v) is 13.8. The van der Waals surface area contributed by atoms with Gasteiger partial charge in [0.25, 0.3) is 5.91 Å². The molecule has 5 heteroatoms. The Kier molecular flexibility index (Phi) is 3.90. The lowest BCUT2D eigenvalue weighted by Gasteiger charge is -2.06. The van der Waals surface area contributed by atoms with E-state index in [0.717, 1.165) is 26.8 Å². The summed E-state index contributed by atoms with van der Waals surface area (Å²) < 4.78 is 8.20. The number of hydrogen-bond acceptors (Lipinski definition) is 2. The number of anilines is 1. The van der Waals surface area contributed by atoms with Crippen LogP contribution in [0.25, 0.3) is 10.9 Å². The van der Waals surface area contributed by atoms with E-state index in [1.165, 1.54) is 0 Å². The van der Waals surface area contributed by atoms with Gasteiger partial charge in [-0.2, -0.15) is 0 Å². The fourth-order valence-electron chi connectivity index (χ4n) is 2.46. The third-order valence-corrected chi connectivity index (χ3v) is 4.13. The van der Waals surface area contributed by atoms with E-state index in [1.54, 1.807) is 7.11 Å². The summed E-state index contributed by atoms with van der Waals surface area (Å²) in [5, 5.41) is 3.83. The zero-order chi connectivity index (χ0) is 15.7. The molecule has 0 aliphatic heterocycles. The molecule has 3 aromatic rings. The number of carbonyl (C=O) groups excluding carboxylic acids is 1. The molecule has 0 bridgehead atoms. The molecule has 2 aromatic carbocycles. The third-order valence-electron chi connectivity index (χ3n) is 3.60. The van der Waals surface area contributed by atoms with Crippen molar-refractivity contribution in [1.82, 2.24) is 4.57 Å². The highest BCUT2D eigenvalue weighted by atomic mass is 79.9. The lowest BCUT2D eigenvalue weighted by molar-refractivity contribution is 0.102. The second-order valence-electron chi connectivity index (χ2n) is 4.94. The molecule has 0 spiro atoms. The van der Waals surface area contributed by atoms with E-state index in [9.17, 15) is 4.79 Å². The molecular formula is C17H15BrN2O2. The molecule has 0 atom stereocenters. The summed E-state index contributed by atoms with van der Waals surface area (Å²) in [5.41, 5.74) is 2.30. The molecule has 112 valence electrons. The van der Waals surface area contributed by atoms with Crippen molar-refractivity contribution in [2.24, 2.45) is 7.05 Å². The number of amides is 1. The van der Waals surface area contributed by atoms with E-state index in [0.29, 0.717) is 5.69 Å². The van der Waals surface area contributed by atoms with E-state index < -0.39 is 0 Å². The van der Waals surface area contributed by atoms with Crippen LogP contribution in [0.3, 0.4) is 0 Å². The predicted molar refractivity (Wildman–Crippen MR) is 91.6 cm³/mol. The number of carbonyl (C=O) groups is 1. The van der Waals surface area contributed by atoms with Gasteiger partial charge in [-0.25, -0.2) is 0 Å². The van der Waals surface area contributed by atoms with Crippen LogP contribution in [-0.2, 0) is 7.05 Å². The highest BCUT2D eigenvalue weighted by Gasteiger charge is 2.15. The van der Waals surface area contributed by atoms with Gasteiger partial charge in [0.15, 0.2) is 0 Å². The van der Waals surface area contributed by atoms with Crippen LogP contribution in [0.15, 0.2) is 53.0 Å². The Hall–Kier alpha value is -2.27. The molecule has 0 saturated heterocycles. The van der Waals surface area contributed by atoms with Crippen LogP contribution in [0, 0.1) is 0 Å². The van der Waals surface area contributed by atoms with Gasteiger partial charge in [0.05, 0.1) is 12.6 Å². The largest absolute Gasteiger partial charge is 0.496 e. The van der Waals surface area contributed by atoms with Crippen molar-refractivity contribution in [3.63, 3.8) is 0 Å². The lowest BCUT2D eigenvalue weighted by Crippen LogP contribution is -2.15. The maximum atomic E-state index is 12.5. The number of nitrogens with one attached hydrogen (secondary N) is 1.